The Morgan fingerprint density at radius 2 is 1.43 bits per heavy atom. The molecule has 1 aromatic rings. The average Bonchev–Trinajstić information content (AvgIpc) is 2.74. The number of unbranched alkanes of at least 4 members (excludes halogenated alkanes) is 9. The number of nitrogens with one attached hydrogen (secondary N) is 1. The molecule has 30 heavy (non-hydrogen) atoms. The summed E-state index contributed by atoms with van der Waals surface area (Å²) in [6.07, 6.45) is 13.6. The fourth-order valence-electron chi connectivity index (χ4n) is 3.54. The van der Waals surface area contributed by atoms with E-state index in [-0.39, 0.29) is 18.9 Å². The third-order valence-electron chi connectivity index (χ3n) is 5.39. The Morgan fingerprint density at radius 1 is 0.833 bits per heavy atom. The van der Waals surface area contributed by atoms with Crippen LogP contribution in [0.25, 0.3) is 0 Å². The maximum absolute atomic E-state index is 12.6. The molecule has 0 aliphatic carbocycles. The molecule has 0 unspecified atom stereocenters. The normalized spacial score (nSPS) is 10.8. The van der Waals surface area contributed by atoms with Crippen LogP contribution in [0, 0.1) is 0 Å². The number of benzene rings is 1. The van der Waals surface area contributed by atoms with E-state index in [2.05, 4.69) is 12.2 Å². The lowest BCUT2D eigenvalue weighted by molar-refractivity contribution is -0.138. The number of carbonyl (C=O) groups excluding carboxylic acids is 1. The minimum atomic E-state index is -0.875. The third kappa shape index (κ3) is 14.2. The van der Waals surface area contributed by atoms with Gasteiger partial charge in [0.25, 0.3) is 0 Å². The Balaban J connectivity index is 2.11. The smallest absolute Gasteiger partial charge is 0.305 e. The quantitative estimate of drug-likeness (QED) is 0.296. The maximum atomic E-state index is 12.6. The van der Waals surface area contributed by atoms with Crippen molar-refractivity contribution in [3.63, 3.8) is 0 Å². The molecule has 0 radical (unpaired) electrons. The first-order chi connectivity index (χ1) is 14.6. The van der Waals surface area contributed by atoms with Crippen molar-refractivity contribution in [3.8, 4) is 0 Å². The van der Waals surface area contributed by atoms with Gasteiger partial charge >= 0.3 is 5.97 Å². The molecular weight excluding hydrogens is 376 g/mol. The lowest BCUT2D eigenvalue weighted by Crippen LogP contribution is -2.34. The molecule has 5 heteroatoms. The summed E-state index contributed by atoms with van der Waals surface area (Å²) < 4.78 is 0. The van der Waals surface area contributed by atoms with Crippen molar-refractivity contribution in [2.75, 3.05) is 19.6 Å². The Labute approximate surface area is 183 Å². The number of carboxylic acid groups (broad SMARTS) is 1. The van der Waals surface area contributed by atoms with Crippen LogP contribution in [-0.2, 0) is 16.1 Å². The predicted molar refractivity (Wildman–Crippen MR) is 123 cm³/mol. The third-order valence-corrected chi connectivity index (χ3v) is 5.39. The van der Waals surface area contributed by atoms with Crippen LogP contribution in [0.1, 0.15) is 89.5 Å². The minimum Gasteiger partial charge on any atom is -0.481 e. The molecule has 0 atom stereocenters. The molecule has 2 N–H and O–H groups in total. The lowest BCUT2D eigenvalue weighted by atomic mass is 10.1. The molecule has 0 aromatic heterocycles. The van der Waals surface area contributed by atoms with Gasteiger partial charge in [-0.15, -0.1) is 0 Å². The Hall–Kier alpha value is -1.88. The zero-order valence-corrected chi connectivity index (χ0v) is 18.9. The Kier molecular flexibility index (Phi) is 15.6. The molecule has 170 valence electrons. The van der Waals surface area contributed by atoms with Gasteiger partial charge in [0, 0.05) is 26.1 Å². The van der Waals surface area contributed by atoms with E-state index in [1.165, 1.54) is 57.8 Å². The molecular formula is C25H42N2O3. The number of rotatable bonds is 19. The van der Waals surface area contributed by atoms with Crippen molar-refractivity contribution in [2.24, 2.45) is 0 Å². The first-order valence-electron chi connectivity index (χ1n) is 11.9. The molecule has 0 saturated carbocycles. The molecule has 0 aliphatic heterocycles. The summed E-state index contributed by atoms with van der Waals surface area (Å²) >= 11 is 0. The number of nitrogens with zero attached hydrogens (tertiary/aromatic N) is 1. The molecule has 1 rings (SSSR count). The van der Waals surface area contributed by atoms with E-state index in [0.717, 1.165) is 18.5 Å². The predicted octanol–water partition coefficient (Wildman–Crippen LogP) is 5.39. The van der Waals surface area contributed by atoms with E-state index in [4.69, 9.17) is 5.11 Å². The first kappa shape index (κ1) is 26.2. The van der Waals surface area contributed by atoms with Crippen LogP contribution in [0.2, 0.25) is 0 Å². The average molecular weight is 419 g/mol. The molecule has 0 saturated heterocycles. The molecule has 1 amide bonds. The van der Waals surface area contributed by atoms with Gasteiger partial charge in [-0.3, -0.25) is 9.59 Å². The van der Waals surface area contributed by atoms with Gasteiger partial charge in [0.15, 0.2) is 0 Å². The topological polar surface area (TPSA) is 69.6 Å². The van der Waals surface area contributed by atoms with E-state index < -0.39 is 5.97 Å². The minimum absolute atomic E-state index is 0.00989. The van der Waals surface area contributed by atoms with Crippen LogP contribution in [0.15, 0.2) is 30.3 Å². The number of amides is 1. The van der Waals surface area contributed by atoms with Crippen molar-refractivity contribution >= 4 is 11.9 Å². The maximum Gasteiger partial charge on any atom is 0.305 e. The molecule has 0 spiro atoms. The summed E-state index contributed by atoms with van der Waals surface area (Å²) in [5, 5.41) is 12.3. The monoisotopic (exact) mass is 418 g/mol. The highest BCUT2D eigenvalue weighted by atomic mass is 16.4. The van der Waals surface area contributed by atoms with Crippen molar-refractivity contribution in [2.45, 2.75) is 90.5 Å². The molecule has 1 aromatic carbocycles. The number of hydrogen-bond acceptors (Lipinski definition) is 3. The fourth-order valence-corrected chi connectivity index (χ4v) is 3.54. The van der Waals surface area contributed by atoms with E-state index in [0.29, 0.717) is 19.5 Å². The van der Waals surface area contributed by atoms with Crippen LogP contribution in [0.5, 0.6) is 0 Å². The zero-order valence-electron chi connectivity index (χ0n) is 18.9. The van der Waals surface area contributed by atoms with E-state index >= 15 is 0 Å². The zero-order chi connectivity index (χ0) is 21.9. The van der Waals surface area contributed by atoms with Gasteiger partial charge in [-0.1, -0.05) is 95.0 Å². The van der Waals surface area contributed by atoms with E-state index in [1.54, 1.807) is 4.90 Å². The van der Waals surface area contributed by atoms with E-state index in [9.17, 15) is 9.59 Å². The molecule has 5 nitrogen and oxygen atoms in total. The van der Waals surface area contributed by atoms with E-state index in [1.807, 2.05) is 30.3 Å². The van der Waals surface area contributed by atoms with Gasteiger partial charge in [-0.2, -0.15) is 0 Å². The second kappa shape index (κ2) is 17.9. The van der Waals surface area contributed by atoms with Gasteiger partial charge < -0.3 is 15.3 Å². The molecule has 0 heterocycles. The second-order valence-electron chi connectivity index (χ2n) is 8.13. The highest BCUT2D eigenvalue weighted by Gasteiger charge is 2.15. The second-order valence-corrected chi connectivity index (χ2v) is 8.13. The summed E-state index contributed by atoms with van der Waals surface area (Å²) in [5.41, 5.74) is 1.02. The van der Waals surface area contributed by atoms with Gasteiger partial charge in [0.05, 0.1) is 6.42 Å². The van der Waals surface area contributed by atoms with Crippen molar-refractivity contribution < 1.29 is 14.7 Å². The van der Waals surface area contributed by atoms with Crippen molar-refractivity contribution in [3.05, 3.63) is 35.9 Å². The summed E-state index contributed by atoms with van der Waals surface area (Å²) in [6.45, 7) is 4.56. The number of carbonyl (C=O) groups is 2. The van der Waals surface area contributed by atoms with Crippen molar-refractivity contribution in [1.29, 1.82) is 0 Å². The first-order valence-corrected chi connectivity index (χ1v) is 11.9. The number of aliphatic carboxylic acids is 1. The van der Waals surface area contributed by atoms with Crippen LogP contribution in [0.3, 0.4) is 0 Å². The summed E-state index contributed by atoms with van der Waals surface area (Å²) in [5.74, 6) is -0.865. The van der Waals surface area contributed by atoms with Gasteiger partial charge in [-0.25, -0.2) is 0 Å². The molecule has 0 aliphatic rings. The van der Waals surface area contributed by atoms with Gasteiger partial charge in [-0.05, 0) is 18.5 Å². The fraction of sp³-hybridized carbons (Fsp3) is 0.680. The van der Waals surface area contributed by atoms with Crippen LogP contribution in [-0.4, -0.2) is 41.5 Å². The largest absolute Gasteiger partial charge is 0.481 e. The SMILES string of the molecule is CCCCCCCCCCCCNCCC(=O)N(CCC(=O)O)Cc1ccccc1. The van der Waals surface area contributed by atoms with Crippen LogP contribution < -0.4 is 5.32 Å². The highest BCUT2D eigenvalue weighted by molar-refractivity contribution is 5.77. The van der Waals surface area contributed by atoms with Gasteiger partial charge in [0.1, 0.15) is 0 Å². The molecule has 0 bridgehead atoms. The van der Waals surface area contributed by atoms with Crippen LogP contribution in [0.4, 0.5) is 0 Å². The lowest BCUT2D eigenvalue weighted by Gasteiger charge is -2.22. The highest BCUT2D eigenvalue weighted by Crippen LogP contribution is 2.10. The Bertz CT molecular complexity index is 563. The summed E-state index contributed by atoms with van der Waals surface area (Å²) in [7, 11) is 0. The summed E-state index contributed by atoms with van der Waals surface area (Å²) in [4.78, 5) is 25.1. The van der Waals surface area contributed by atoms with Gasteiger partial charge in [0.2, 0.25) is 5.91 Å². The standard InChI is InChI=1S/C25H42N2O3/c1-2-3-4-5-6-7-8-9-10-14-19-26-20-17-24(28)27(21-18-25(29)30)22-23-15-12-11-13-16-23/h11-13,15-16,26H,2-10,14,17-22H2,1H3,(H,29,30). The number of hydrogen-bond donors (Lipinski definition) is 2. The Morgan fingerprint density at radius 3 is 2.03 bits per heavy atom. The molecule has 0 fully saturated rings. The number of carboxylic acids is 1. The van der Waals surface area contributed by atoms with Crippen molar-refractivity contribution in [1.82, 2.24) is 10.2 Å². The summed E-state index contributed by atoms with van der Waals surface area (Å²) in [6, 6.07) is 9.73. The van der Waals surface area contributed by atoms with Crippen LogP contribution >= 0.6 is 0 Å².